The first-order valence-electron chi connectivity index (χ1n) is 5.98. The zero-order valence-corrected chi connectivity index (χ0v) is 10.5. The Labute approximate surface area is 115 Å². The predicted octanol–water partition coefficient (Wildman–Crippen LogP) is 2.98. The van der Waals surface area contributed by atoms with Crippen molar-refractivity contribution in [2.45, 2.75) is 6.10 Å². The van der Waals surface area contributed by atoms with E-state index < -0.39 is 17.7 Å². The minimum Gasteiger partial charge on any atom is -0.386 e. The third kappa shape index (κ3) is 2.92. The molecule has 1 atom stereocenters. The molecule has 0 aliphatic rings. The number of aliphatic hydroxyl groups is 1. The fourth-order valence-electron chi connectivity index (χ4n) is 1.85. The van der Waals surface area contributed by atoms with Crippen molar-refractivity contribution in [3.63, 3.8) is 0 Å². The van der Waals surface area contributed by atoms with Crippen molar-refractivity contribution >= 4 is 5.69 Å². The Morgan fingerprint density at radius 2 is 1.80 bits per heavy atom. The van der Waals surface area contributed by atoms with Crippen molar-refractivity contribution in [2.24, 2.45) is 0 Å². The summed E-state index contributed by atoms with van der Waals surface area (Å²) in [5.74, 6) is -1.15. The molecule has 2 rings (SSSR count). The third-order valence-corrected chi connectivity index (χ3v) is 2.88. The van der Waals surface area contributed by atoms with E-state index in [2.05, 4.69) is 5.32 Å². The highest BCUT2D eigenvalue weighted by molar-refractivity contribution is 5.58. The second-order valence-electron chi connectivity index (χ2n) is 4.19. The van der Waals surface area contributed by atoms with Gasteiger partial charge in [-0.1, -0.05) is 24.3 Å². The van der Waals surface area contributed by atoms with Gasteiger partial charge in [-0.25, -0.2) is 8.78 Å². The highest BCUT2D eigenvalue weighted by atomic mass is 19.1. The molecule has 0 spiro atoms. The highest BCUT2D eigenvalue weighted by Crippen LogP contribution is 2.21. The van der Waals surface area contributed by atoms with Crippen molar-refractivity contribution in [3.8, 4) is 6.07 Å². The Bertz CT molecular complexity index is 653. The van der Waals surface area contributed by atoms with Crippen LogP contribution in [0.4, 0.5) is 14.5 Å². The Morgan fingerprint density at radius 1 is 1.10 bits per heavy atom. The number of nitrogens with one attached hydrogen (secondary N) is 1. The molecular formula is C15H12F2N2O. The van der Waals surface area contributed by atoms with Gasteiger partial charge in [-0.3, -0.25) is 0 Å². The monoisotopic (exact) mass is 274 g/mol. The van der Waals surface area contributed by atoms with Crippen LogP contribution in [0.15, 0.2) is 42.5 Å². The van der Waals surface area contributed by atoms with Crippen LogP contribution in [0.3, 0.4) is 0 Å². The van der Waals surface area contributed by atoms with Crippen molar-refractivity contribution in [2.75, 3.05) is 11.9 Å². The van der Waals surface area contributed by atoms with Crippen LogP contribution >= 0.6 is 0 Å². The van der Waals surface area contributed by atoms with Gasteiger partial charge < -0.3 is 10.4 Å². The number of anilines is 1. The van der Waals surface area contributed by atoms with Crippen LogP contribution in [-0.2, 0) is 0 Å². The summed E-state index contributed by atoms with van der Waals surface area (Å²) in [7, 11) is 0. The van der Waals surface area contributed by atoms with Gasteiger partial charge in [0, 0.05) is 12.1 Å². The summed E-state index contributed by atoms with van der Waals surface area (Å²) in [6.45, 7) is -0.0287. The van der Waals surface area contributed by atoms with Gasteiger partial charge >= 0.3 is 0 Å². The number of nitriles is 1. The number of halogens is 2. The van der Waals surface area contributed by atoms with E-state index in [-0.39, 0.29) is 23.4 Å². The molecule has 0 saturated carbocycles. The van der Waals surface area contributed by atoms with Crippen LogP contribution in [-0.4, -0.2) is 11.7 Å². The molecule has 0 bridgehead atoms. The molecule has 0 saturated heterocycles. The molecule has 0 aliphatic carbocycles. The normalized spacial score (nSPS) is 11.7. The van der Waals surface area contributed by atoms with E-state index >= 15 is 0 Å². The largest absolute Gasteiger partial charge is 0.386 e. The third-order valence-electron chi connectivity index (χ3n) is 2.88. The number of hydrogen-bond acceptors (Lipinski definition) is 3. The Balaban J connectivity index is 2.12. The van der Waals surface area contributed by atoms with Crippen LogP contribution in [0.2, 0.25) is 0 Å². The summed E-state index contributed by atoms with van der Waals surface area (Å²) in [4.78, 5) is 0. The SMILES string of the molecule is N#Cc1c(F)cccc1NCC(O)c1ccccc1F. The molecule has 2 N–H and O–H groups in total. The molecule has 0 fully saturated rings. The average molecular weight is 274 g/mol. The number of hydrogen-bond donors (Lipinski definition) is 2. The molecule has 102 valence electrons. The van der Waals surface area contributed by atoms with E-state index in [4.69, 9.17) is 5.26 Å². The van der Waals surface area contributed by atoms with Gasteiger partial charge in [-0.05, 0) is 18.2 Å². The smallest absolute Gasteiger partial charge is 0.143 e. The molecule has 5 heteroatoms. The first-order valence-corrected chi connectivity index (χ1v) is 5.98. The number of nitrogens with zero attached hydrogens (tertiary/aromatic N) is 1. The maximum Gasteiger partial charge on any atom is 0.143 e. The highest BCUT2D eigenvalue weighted by Gasteiger charge is 2.13. The second kappa shape index (κ2) is 6.13. The molecule has 0 aromatic heterocycles. The lowest BCUT2D eigenvalue weighted by Gasteiger charge is -2.14. The second-order valence-corrected chi connectivity index (χ2v) is 4.19. The van der Waals surface area contributed by atoms with Crippen molar-refractivity contribution in [1.29, 1.82) is 5.26 Å². The van der Waals surface area contributed by atoms with E-state index in [0.29, 0.717) is 0 Å². The molecule has 0 aliphatic heterocycles. The maximum absolute atomic E-state index is 13.5. The Kier molecular flexibility index (Phi) is 4.28. The van der Waals surface area contributed by atoms with Gasteiger partial charge in [0.1, 0.15) is 23.3 Å². The van der Waals surface area contributed by atoms with Crippen LogP contribution in [0.1, 0.15) is 17.2 Å². The van der Waals surface area contributed by atoms with Crippen LogP contribution in [0.25, 0.3) is 0 Å². The van der Waals surface area contributed by atoms with Gasteiger partial charge in [-0.2, -0.15) is 5.26 Å². The van der Waals surface area contributed by atoms with Crippen molar-refractivity contribution < 1.29 is 13.9 Å². The predicted molar refractivity (Wildman–Crippen MR) is 71.0 cm³/mol. The lowest BCUT2D eigenvalue weighted by atomic mass is 10.1. The van der Waals surface area contributed by atoms with Crippen LogP contribution < -0.4 is 5.32 Å². The van der Waals surface area contributed by atoms with Gasteiger partial charge in [0.05, 0.1) is 11.8 Å². The molecule has 0 heterocycles. The summed E-state index contributed by atoms with van der Waals surface area (Å²) >= 11 is 0. The summed E-state index contributed by atoms with van der Waals surface area (Å²) in [5.41, 5.74) is 0.283. The van der Waals surface area contributed by atoms with Crippen molar-refractivity contribution in [3.05, 3.63) is 65.2 Å². The van der Waals surface area contributed by atoms with Crippen molar-refractivity contribution in [1.82, 2.24) is 0 Å². The van der Waals surface area contributed by atoms with Gasteiger partial charge in [0.15, 0.2) is 0 Å². The zero-order chi connectivity index (χ0) is 14.5. The maximum atomic E-state index is 13.5. The van der Waals surface area contributed by atoms with E-state index in [0.717, 1.165) is 0 Å². The number of benzene rings is 2. The molecular weight excluding hydrogens is 262 g/mol. The van der Waals surface area contributed by atoms with Crippen LogP contribution in [0.5, 0.6) is 0 Å². The fraction of sp³-hybridized carbons (Fsp3) is 0.133. The summed E-state index contributed by atoms with van der Waals surface area (Å²) < 4.78 is 26.9. The van der Waals surface area contributed by atoms with E-state index in [1.807, 2.05) is 0 Å². The number of aliphatic hydroxyl groups excluding tert-OH is 1. The first kappa shape index (κ1) is 14.0. The summed E-state index contributed by atoms with van der Waals surface area (Å²) in [5, 5.41) is 21.5. The Hall–Kier alpha value is -2.45. The molecule has 20 heavy (non-hydrogen) atoms. The molecule has 2 aromatic rings. The molecule has 3 nitrogen and oxygen atoms in total. The first-order chi connectivity index (χ1) is 9.63. The summed E-state index contributed by atoms with van der Waals surface area (Å²) in [6, 6.07) is 11.8. The van der Waals surface area contributed by atoms with E-state index in [1.54, 1.807) is 12.1 Å². The van der Waals surface area contributed by atoms with Gasteiger partial charge in [0.2, 0.25) is 0 Å². The van der Waals surface area contributed by atoms with Gasteiger partial charge in [-0.15, -0.1) is 0 Å². The lowest BCUT2D eigenvalue weighted by Crippen LogP contribution is -2.14. The topological polar surface area (TPSA) is 56.0 Å². The quantitative estimate of drug-likeness (QED) is 0.901. The molecule has 1 unspecified atom stereocenters. The lowest BCUT2D eigenvalue weighted by molar-refractivity contribution is 0.186. The minimum atomic E-state index is -1.09. The average Bonchev–Trinajstić information content (AvgIpc) is 2.45. The van der Waals surface area contributed by atoms with Crippen LogP contribution in [0, 0.1) is 23.0 Å². The van der Waals surface area contributed by atoms with E-state index in [1.165, 1.54) is 36.4 Å². The van der Waals surface area contributed by atoms with Gasteiger partial charge in [0.25, 0.3) is 0 Å². The summed E-state index contributed by atoms with van der Waals surface area (Å²) in [6.07, 6.45) is -1.09. The Morgan fingerprint density at radius 3 is 2.50 bits per heavy atom. The molecule has 0 radical (unpaired) electrons. The zero-order valence-electron chi connectivity index (χ0n) is 10.5. The molecule has 2 aromatic carbocycles. The standard InChI is InChI=1S/C15H12F2N2O/c16-12-5-2-1-4-10(12)15(20)9-19-14-7-3-6-13(17)11(14)8-18/h1-7,15,19-20H,9H2. The van der Waals surface area contributed by atoms with E-state index in [9.17, 15) is 13.9 Å². The molecule has 0 amide bonds. The number of rotatable bonds is 4. The fourth-order valence-corrected chi connectivity index (χ4v) is 1.85. The minimum absolute atomic E-state index is 0.0287.